The Morgan fingerprint density at radius 2 is 1.35 bits per heavy atom. The van der Waals surface area contributed by atoms with Crippen LogP contribution >= 0.6 is 0 Å². The smallest absolute Gasteiger partial charge is 0.0935 e. The van der Waals surface area contributed by atoms with Crippen LogP contribution in [0.5, 0.6) is 0 Å². The van der Waals surface area contributed by atoms with E-state index in [9.17, 15) is 0 Å². The minimum Gasteiger partial charge on any atom is -0.244 e. The summed E-state index contributed by atoms with van der Waals surface area (Å²) < 4.78 is 0. The van der Waals surface area contributed by atoms with Gasteiger partial charge in [-0.05, 0) is 42.2 Å². The van der Waals surface area contributed by atoms with Crippen molar-refractivity contribution in [3.05, 3.63) is 96.1 Å². The van der Waals surface area contributed by atoms with Crippen LogP contribution < -0.4 is 0 Å². The fourth-order valence-corrected chi connectivity index (χ4v) is 4.04. The van der Waals surface area contributed by atoms with E-state index in [0.29, 0.717) is 11.8 Å². The zero-order valence-electron chi connectivity index (χ0n) is 14.5. The number of rotatable bonds is 2. The highest BCUT2D eigenvalue weighted by Gasteiger charge is 2.22. The molecule has 2 unspecified atom stereocenters. The topological polar surface area (TPSA) is 25.8 Å². The molecule has 2 aliphatic carbocycles. The van der Waals surface area contributed by atoms with Crippen molar-refractivity contribution in [2.45, 2.75) is 24.7 Å². The standard InChI is InChI=1S/C24H20N2/c1-3-9-17(10-4-1)19-15-16-22-24(23(19)18-11-5-2-6-12-18)26-21-14-8-7-13-20(21)25-22/h1-9,11,13-18H,10,12H2. The number of hydrogen-bond acceptors (Lipinski definition) is 2. The first-order valence-corrected chi connectivity index (χ1v) is 9.26. The van der Waals surface area contributed by atoms with Crippen LogP contribution in [-0.4, -0.2) is 9.97 Å². The van der Waals surface area contributed by atoms with Crippen LogP contribution in [0.4, 0.5) is 0 Å². The summed E-state index contributed by atoms with van der Waals surface area (Å²) in [5.41, 5.74) is 6.68. The van der Waals surface area contributed by atoms with Gasteiger partial charge in [-0.2, -0.15) is 0 Å². The third-order valence-corrected chi connectivity index (χ3v) is 5.32. The van der Waals surface area contributed by atoms with Crippen molar-refractivity contribution in [1.29, 1.82) is 0 Å². The van der Waals surface area contributed by atoms with Gasteiger partial charge in [0.2, 0.25) is 0 Å². The number of para-hydroxylation sites is 2. The number of allylic oxidation sites excluding steroid dienone is 8. The summed E-state index contributed by atoms with van der Waals surface area (Å²) in [4.78, 5) is 9.93. The summed E-state index contributed by atoms with van der Waals surface area (Å²) in [5, 5.41) is 0. The molecule has 1 aromatic heterocycles. The lowest BCUT2D eigenvalue weighted by Crippen LogP contribution is -2.08. The lowest BCUT2D eigenvalue weighted by Gasteiger charge is -2.24. The van der Waals surface area contributed by atoms with Crippen molar-refractivity contribution in [3.8, 4) is 0 Å². The van der Waals surface area contributed by atoms with Crippen LogP contribution in [-0.2, 0) is 0 Å². The zero-order valence-corrected chi connectivity index (χ0v) is 14.5. The second-order valence-electron chi connectivity index (χ2n) is 6.96. The highest BCUT2D eigenvalue weighted by Crippen LogP contribution is 2.38. The molecule has 0 bridgehead atoms. The van der Waals surface area contributed by atoms with Gasteiger partial charge in [-0.3, -0.25) is 0 Å². The molecule has 2 aromatic carbocycles. The largest absolute Gasteiger partial charge is 0.244 e. The van der Waals surface area contributed by atoms with E-state index >= 15 is 0 Å². The maximum absolute atomic E-state index is 5.05. The van der Waals surface area contributed by atoms with Crippen molar-refractivity contribution >= 4 is 22.1 Å². The number of nitrogens with zero attached hydrogens (tertiary/aromatic N) is 2. The highest BCUT2D eigenvalue weighted by atomic mass is 14.8. The Hall–Kier alpha value is -3.00. The average molecular weight is 336 g/mol. The molecule has 2 heteroatoms. The Labute approximate surface area is 153 Å². The van der Waals surface area contributed by atoms with E-state index in [1.54, 1.807) is 0 Å². The third kappa shape index (κ3) is 2.59. The van der Waals surface area contributed by atoms with Crippen LogP contribution in [0.1, 0.15) is 35.8 Å². The van der Waals surface area contributed by atoms with E-state index in [-0.39, 0.29) is 0 Å². The Morgan fingerprint density at radius 1 is 0.654 bits per heavy atom. The van der Waals surface area contributed by atoms with Crippen molar-refractivity contribution in [2.75, 3.05) is 0 Å². The fourth-order valence-electron chi connectivity index (χ4n) is 4.04. The molecule has 26 heavy (non-hydrogen) atoms. The van der Waals surface area contributed by atoms with Crippen molar-refractivity contribution in [3.63, 3.8) is 0 Å². The highest BCUT2D eigenvalue weighted by molar-refractivity contribution is 5.89. The second-order valence-corrected chi connectivity index (χ2v) is 6.96. The van der Waals surface area contributed by atoms with Crippen LogP contribution in [0.2, 0.25) is 0 Å². The lowest BCUT2D eigenvalue weighted by molar-refractivity contribution is 0.790. The van der Waals surface area contributed by atoms with Crippen molar-refractivity contribution in [2.24, 2.45) is 0 Å². The Morgan fingerprint density at radius 3 is 2.04 bits per heavy atom. The number of fused-ring (bicyclic) bond motifs is 2. The summed E-state index contributed by atoms with van der Waals surface area (Å²) in [6, 6.07) is 12.5. The fraction of sp³-hybridized carbons (Fsp3) is 0.167. The molecule has 0 fully saturated rings. The van der Waals surface area contributed by atoms with Gasteiger partial charge in [0.15, 0.2) is 0 Å². The molecule has 0 N–H and O–H groups in total. The quantitative estimate of drug-likeness (QED) is 0.538. The van der Waals surface area contributed by atoms with Gasteiger partial charge in [-0.1, -0.05) is 66.8 Å². The molecule has 2 aliphatic rings. The summed E-state index contributed by atoms with van der Waals surface area (Å²) in [6.45, 7) is 0. The molecular weight excluding hydrogens is 316 g/mol. The first-order chi connectivity index (χ1) is 12.9. The molecule has 5 rings (SSSR count). The number of aromatic nitrogens is 2. The van der Waals surface area contributed by atoms with E-state index in [2.05, 4.69) is 66.8 Å². The maximum atomic E-state index is 5.05. The number of hydrogen-bond donors (Lipinski definition) is 0. The first-order valence-electron chi connectivity index (χ1n) is 9.26. The van der Waals surface area contributed by atoms with E-state index in [0.717, 1.165) is 34.9 Å². The molecule has 126 valence electrons. The minimum atomic E-state index is 0.355. The van der Waals surface area contributed by atoms with Crippen LogP contribution in [0.25, 0.3) is 22.1 Å². The molecule has 2 atom stereocenters. The second kappa shape index (κ2) is 6.38. The molecule has 0 spiro atoms. The summed E-state index contributed by atoms with van der Waals surface area (Å²) in [7, 11) is 0. The lowest BCUT2D eigenvalue weighted by atomic mass is 9.81. The van der Waals surface area contributed by atoms with Crippen LogP contribution in [0.15, 0.2) is 85.0 Å². The van der Waals surface area contributed by atoms with Crippen molar-refractivity contribution < 1.29 is 0 Å². The molecular formula is C24H20N2. The maximum Gasteiger partial charge on any atom is 0.0935 e. The predicted octanol–water partition coefficient (Wildman–Crippen LogP) is 5.98. The average Bonchev–Trinajstić information content (AvgIpc) is 2.72. The van der Waals surface area contributed by atoms with Gasteiger partial charge in [0.1, 0.15) is 0 Å². The van der Waals surface area contributed by atoms with Gasteiger partial charge in [0, 0.05) is 11.8 Å². The SMILES string of the molecule is C1=CCC(c2ccc3nc4ccccc4nc3c2C2C=CC=CC2)C=C1. The van der Waals surface area contributed by atoms with Crippen LogP contribution in [0.3, 0.4) is 0 Å². The number of benzene rings is 2. The summed E-state index contributed by atoms with van der Waals surface area (Å²) in [6.07, 6.45) is 19.7. The molecule has 0 saturated heterocycles. The molecule has 2 nitrogen and oxygen atoms in total. The predicted molar refractivity (Wildman–Crippen MR) is 108 cm³/mol. The molecule has 3 aromatic rings. The van der Waals surface area contributed by atoms with E-state index < -0.39 is 0 Å². The molecule has 0 saturated carbocycles. The van der Waals surface area contributed by atoms with E-state index in [1.165, 1.54) is 11.1 Å². The molecule has 0 radical (unpaired) electrons. The minimum absolute atomic E-state index is 0.355. The van der Waals surface area contributed by atoms with Gasteiger partial charge in [-0.15, -0.1) is 0 Å². The molecule has 1 heterocycles. The van der Waals surface area contributed by atoms with Gasteiger partial charge >= 0.3 is 0 Å². The van der Waals surface area contributed by atoms with Gasteiger partial charge in [-0.25, -0.2) is 9.97 Å². The molecule has 0 amide bonds. The zero-order chi connectivity index (χ0) is 17.3. The molecule has 0 aliphatic heterocycles. The normalized spacial score (nSPS) is 21.7. The third-order valence-electron chi connectivity index (χ3n) is 5.32. The van der Waals surface area contributed by atoms with Crippen molar-refractivity contribution in [1.82, 2.24) is 9.97 Å². The van der Waals surface area contributed by atoms with Gasteiger partial charge in [0.25, 0.3) is 0 Å². The summed E-state index contributed by atoms with van der Waals surface area (Å²) in [5.74, 6) is 0.764. The van der Waals surface area contributed by atoms with E-state index in [1.807, 2.05) is 18.2 Å². The van der Waals surface area contributed by atoms with Crippen LogP contribution in [0, 0.1) is 0 Å². The van der Waals surface area contributed by atoms with Gasteiger partial charge < -0.3 is 0 Å². The summed E-state index contributed by atoms with van der Waals surface area (Å²) >= 11 is 0. The monoisotopic (exact) mass is 336 g/mol. The van der Waals surface area contributed by atoms with E-state index in [4.69, 9.17) is 9.97 Å². The Balaban J connectivity index is 1.79. The first kappa shape index (κ1) is 15.3. The van der Waals surface area contributed by atoms with Gasteiger partial charge in [0.05, 0.1) is 22.1 Å². The Kier molecular flexibility index (Phi) is 3.75. The Bertz CT molecular complexity index is 1100.